The number of urea groups is 1. The summed E-state index contributed by atoms with van der Waals surface area (Å²) in [6.45, 7) is 3.57. The summed E-state index contributed by atoms with van der Waals surface area (Å²) in [6.07, 6.45) is -2.35. The Morgan fingerprint density at radius 1 is 0.966 bits per heavy atom. The van der Waals surface area contributed by atoms with Crippen molar-refractivity contribution in [1.29, 1.82) is 0 Å². The molecule has 1 saturated heterocycles. The molecule has 3 rings (SSSR count). The zero-order valence-corrected chi connectivity index (χ0v) is 16.2. The number of carbonyl (C=O) groups is 1. The molecule has 2 aromatic rings. The van der Waals surface area contributed by atoms with Gasteiger partial charge in [-0.3, -0.25) is 4.90 Å². The molecule has 0 aliphatic carbocycles. The molecule has 7 heteroatoms. The van der Waals surface area contributed by atoms with E-state index in [1.54, 1.807) is 6.07 Å². The van der Waals surface area contributed by atoms with E-state index in [9.17, 15) is 18.0 Å². The van der Waals surface area contributed by atoms with Gasteiger partial charge in [-0.2, -0.15) is 13.2 Å². The van der Waals surface area contributed by atoms with Gasteiger partial charge in [-0.05, 0) is 55.1 Å². The van der Waals surface area contributed by atoms with Crippen LogP contribution in [0.4, 0.5) is 18.0 Å². The molecule has 0 radical (unpaired) electrons. The highest BCUT2D eigenvalue weighted by Gasteiger charge is 2.30. The van der Waals surface area contributed by atoms with Crippen molar-refractivity contribution < 1.29 is 18.0 Å². The van der Waals surface area contributed by atoms with Gasteiger partial charge in [0.15, 0.2) is 0 Å². The first-order chi connectivity index (χ1) is 13.9. The summed E-state index contributed by atoms with van der Waals surface area (Å²) in [6, 6.07) is 15.0. The Hall–Kier alpha value is -2.54. The summed E-state index contributed by atoms with van der Waals surface area (Å²) in [7, 11) is 0. The van der Waals surface area contributed by atoms with E-state index in [1.165, 1.54) is 11.6 Å². The Morgan fingerprint density at radius 2 is 1.66 bits per heavy atom. The van der Waals surface area contributed by atoms with Crippen LogP contribution in [0.25, 0.3) is 0 Å². The van der Waals surface area contributed by atoms with E-state index in [-0.39, 0.29) is 12.6 Å². The Bertz CT molecular complexity index is 787. The fourth-order valence-electron chi connectivity index (χ4n) is 3.53. The Morgan fingerprint density at radius 3 is 2.34 bits per heavy atom. The smallest absolute Gasteiger partial charge is 0.338 e. The molecule has 2 amide bonds. The summed E-state index contributed by atoms with van der Waals surface area (Å²) in [5.41, 5.74) is 1.02. The summed E-state index contributed by atoms with van der Waals surface area (Å²) in [5, 5.41) is 5.47. The summed E-state index contributed by atoms with van der Waals surface area (Å²) in [4.78, 5) is 14.4. The number of carbonyl (C=O) groups excluding carboxylic acids is 1. The molecule has 1 fully saturated rings. The third kappa shape index (κ3) is 6.78. The van der Waals surface area contributed by atoms with Gasteiger partial charge < -0.3 is 10.6 Å². The van der Waals surface area contributed by atoms with Crippen LogP contribution in [0.3, 0.4) is 0 Å². The third-order valence-electron chi connectivity index (χ3n) is 5.21. The Kier molecular flexibility index (Phi) is 7.14. The number of rotatable bonds is 6. The van der Waals surface area contributed by atoms with E-state index in [0.717, 1.165) is 44.6 Å². The second-order valence-corrected chi connectivity index (χ2v) is 7.47. The normalized spacial score (nSPS) is 15.8. The molecule has 2 N–H and O–H groups in total. The molecule has 1 aliphatic heterocycles. The molecule has 4 nitrogen and oxygen atoms in total. The Balaban J connectivity index is 1.35. The molecule has 1 heterocycles. The lowest BCUT2D eigenvalue weighted by molar-refractivity contribution is -0.137. The van der Waals surface area contributed by atoms with Crippen molar-refractivity contribution in [3.8, 4) is 0 Å². The van der Waals surface area contributed by atoms with Gasteiger partial charge in [0.25, 0.3) is 0 Å². The number of piperidine rings is 1. The van der Waals surface area contributed by atoms with Gasteiger partial charge in [-0.1, -0.05) is 42.5 Å². The van der Waals surface area contributed by atoms with E-state index in [4.69, 9.17) is 0 Å². The van der Waals surface area contributed by atoms with Crippen LogP contribution in [-0.2, 0) is 19.3 Å². The number of nitrogens with zero attached hydrogens (tertiary/aromatic N) is 1. The van der Waals surface area contributed by atoms with E-state index >= 15 is 0 Å². The molecular weight excluding hydrogens is 379 g/mol. The topological polar surface area (TPSA) is 44.4 Å². The highest BCUT2D eigenvalue weighted by atomic mass is 19.4. The van der Waals surface area contributed by atoms with Crippen LogP contribution < -0.4 is 10.6 Å². The molecule has 0 saturated carbocycles. The first-order valence-electron chi connectivity index (χ1n) is 9.84. The Labute approximate surface area is 169 Å². The molecule has 0 spiro atoms. The van der Waals surface area contributed by atoms with Crippen LogP contribution >= 0.6 is 0 Å². The molecule has 0 unspecified atom stereocenters. The zero-order valence-electron chi connectivity index (χ0n) is 16.2. The molecule has 2 aromatic carbocycles. The van der Waals surface area contributed by atoms with Gasteiger partial charge in [-0.25, -0.2) is 4.79 Å². The van der Waals surface area contributed by atoms with Gasteiger partial charge in [0.2, 0.25) is 0 Å². The lowest BCUT2D eigenvalue weighted by Crippen LogP contribution is -2.41. The minimum atomic E-state index is -4.38. The van der Waals surface area contributed by atoms with Crippen molar-refractivity contribution in [2.45, 2.75) is 32.1 Å². The van der Waals surface area contributed by atoms with Gasteiger partial charge in [0, 0.05) is 19.6 Å². The van der Waals surface area contributed by atoms with Gasteiger partial charge in [-0.15, -0.1) is 0 Å². The molecule has 1 aliphatic rings. The van der Waals surface area contributed by atoms with E-state index in [1.807, 2.05) is 18.2 Å². The second-order valence-electron chi connectivity index (χ2n) is 7.47. The highest BCUT2D eigenvalue weighted by molar-refractivity contribution is 5.73. The number of hydrogen-bond donors (Lipinski definition) is 2. The molecular formula is C22H26F3N3O. The van der Waals surface area contributed by atoms with Gasteiger partial charge >= 0.3 is 12.2 Å². The van der Waals surface area contributed by atoms with E-state index < -0.39 is 11.7 Å². The number of alkyl halides is 3. The van der Waals surface area contributed by atoms with Crippen molar-refractivity contribution in [2.75, 3.05) is 19.6 Å². The zero-order chi connectivity index (χ0) is 20.7. The lowest BCUT2D eigenvalue weighted by atomic mass is 9.96. The van der Waals surface area contributed by atoms with Crippen LogP contribution in [0.2, 0.25) is 0 Å². The molecule has 156 valence electrons. The van der Waals surface area contributed by atoms with Crippen LogP contribution in [0, 0.1) is 5.92 Å². The van der Waals surface area contributed by atoms with Crippen LogP contribution in [0.1, 0.15) is 29.5 Å². The van der Waals surface area contributed by atoms with Crippen molar-refractivity contribution in [2.24, 2.45) is 5.92 Å². The molecule has 0 atom stereocenters. The number of amides is 2. The molecule has 0 bridgehead atoms. The number of likely N-dealkylation sites (tertiary alicyclic amines) is 1. The number of hydrogen-bond acceptors (Lipinski definition) is 2. The maximum absolute atomic E-state index is 12.7. The monoisotopic (exact) mass is 405 g/mol. The predicted molar refractivity (Wildman–Crippen MR) is 106 cm³/mol. The van der Waals surface area contributed by atoms with Crippen LogP contribution in [0.15, 0.2) is 54.6 Å². The largest absolute Gasteiger partial charge is 0.416 e. The lowest BCUT2D eigenvalue weighted by Gasteiger charge is -2.32. The average molecular weight is 405 g/mol. The van der Waals surface area contributed by atoms with Gasteiger partial charge in [0.1, 0.15) is 0 Å². The van der Waals surface area contributed by atoms with Crippen LogP contribution in [-0.4, -0.2) is 30.6 Å². The van der Waals surface area contributed by atoms with Crippen molar-refractivity contribution in [3.63, 3.8) is 0 Å². The predicted octanol–water partition coefficient (Wildman–Crippen LogP) is 4.42. The van der Waals surface area contributed by atoms with E-state index in [0.29, 0.717) is 18.0 Å². The second kappa shape index (κ2) is 9.78. The quantitative estimate of drug-likeness (QED) is 0.747. The molecule has 0 aromatic heterocycles. The minimum absolute atomic E-state index is 0.0608. The summed E-state index contributed by atoms with van der Waals surface area (Å²) >= 11 is 0. The van der Waals surface area contributed by atoms with Crippen molar-refractivity contribution >= 4 is 6.03 Å². The first-order valence-corrected chi connectivity index (χ1v) is 9.84. The standard InChI is InChI=1S/C22H26F3N3O/c23-22(24,25)20-8-4-7-19(13-20)15-27-21(29)26-14-17-9-11-28(12-10-17)16-18-5-2-1-3-6-18/h1-8,13,17H,9-12,14-16H2,(H2,26,27,29). The number of nitrogens with one attached hydrogen (secondary N) is 2. The third-order valence-corrected chi connectivity index (χ3v) is 5.21. The number of benzene rings is 2. The average Bonchev–Trinajstić information content (AvgIpc) is 2.72. The maximum Gasteiger partial charge on any atom is 0.416 e. The SMILES string of the molecule is O=C(NCc1cccc(C(F)(F)F)c1)NCC1CCN(Cc2ccccc2)CC1. The van der Waals surface area contributed by atoms with E-state index in [2.05, 4.69) is 27.7 Å². The van der Waals surface area contributed by atoms with Crippen molar-refractivity contribution in [3.05, 3.63) is 71.3 Å². The minimum Gasteiger partial charge on any atom is -0.338 e. The van der Waals surface area contributed by atoms with Crippen LogP contribution in [0.5, 0.6) is 0 Å². The molecule has 29 heavy (non-hydrogen) atoms. The van der Waals surface area contributed by atoms with Gasteiger partial charge in [0.05, 0.1) is 5.56 Å². The first kappa shape index (κ1) is 21.2. The summed E-state index contributed by atoms with van der Waals surface area (Å²) < 4.78 is 38.2. The fourth-order valence-corrected chi connectivity index (χ4v) is 3.53. The summed E-state index contributed by atoms with van der Waals surface area (Å²) in [5.74, 6) is 0.418. The number of halogens is 3. The van der Waals surface area contributed by atoms with Crippen molar-refractivity contribution in [1.82, 2.24) is 15.5 Å². The maximum atomic E-state index is 12.7. The highest BCUT2D eigenvalue weighted by Crippen LogP contribution is 2.29. The fraction of sp³-hybridized carbons (Fsp3) is 0.409.